The van der Waals surface area contributed by atoms with Crippen molar-refractivity contribution in [1.29, 1.82) is 0 Å². The van der Waals surface area contributed by atoms with Gasteiger partial charge < -0.3 is 14.8 Å². The van der Waals surface area contributed by atoms with Crippen LogP contribution in [0.15, 0.2) is 47.4 Å². The molecule has 0 atom stereocenters. The highest BCUT2D eigenvalue weighted by Crippen LogP contribution is 2.24. The van der Waals surface area contributed by atoms with Crippen LogP contribution in [0.25, 0.3) is 0 Å². The second kappa shape index (κ2) is 11.0. The molecule has 0 heterocycles. The van der Waals surface area contributed by atoms with Crippen LogP contribution >= 0.6 is 23.2 Å². The van der Waals surface area contributed by atoms with Crippen molar-refractivity contribution in [2.45, 2.75) is 4.90 Å². The Morgan fingerprint density at radius 1 is 1.00 bits per heavy atom. The van der Waals surface area contributed by atoms with E-state index in [9.17, 15) is 22.8 Å². The number of methoxy groups -OCH3 is 1. The molecule has 0 aliphatic rings. The first-order chi connectivity index (χ1) is 14.6. The fourth-order valence-corrected chi connectivity index (χ4v) is 3.44. The molecule has 0 aromatic heterocycles. The van der Waals surface area contributed by atoms with E-state index in [0.29, 0.717) is 11.4 Å². The predicted octanol–water partition coefficient (Wildman–Crippen LogP) is 2.17. The summed E-state index contributed by atoms with van der Waals surface area (Å²) < 4.78 is 35.9. The Hall–Kier alpha value is -2.86. The van der Waals surface area contributed by atoms with Crippen LogP contribution in [-0.2, 0) is 24.3 Å². The first kappa shape index (κ1) is 24.4. The highest BCUT2D eigenvalue weighted by Gasteiger charge is 2.18. The van der Waals surface area contributed by atoms with E-state index < -0.39 is 41.1 Å². The summed E-state index contributed by atoms with van der Waals surface area (Å²) in [6.45, 7) is -1.53. The number of hydrogen-bond acceptors (Lipinski definition) is 7. The average Bonchev–Trinajstić information content (AvgIpc) is 2.73. The minimum absolute atomic E-state index is 0.0247. The zero-order valence-electron chi connectivity index (χ0n) is 16.0. The Bertz CT molecular complexity index is 1080. The van der Waals surface area contributed by atoms with Crippen LogP contribution in [0.4, 0.5) is 10.5 Å². The molecule has 0 unspecified atom stereocenters. The van der Waals surface area contributed by atoms with Crippen molar-refractivity contribution in [1.82, 2.24) is 10.0 Å². The lowest BCUT2D eigenvalue weighted by molar-refractivity contribution is -0.147. The number of nitrogens with one attached hydrogen (secondary N) is 3. The number of amides is 3. The Balaban J connectivity index is 1.76. The van der Waals surface area contributed by atoms with Gasteiger partial charge in [0.15, 0.2) is 6.61 Å². The molecule has 2 aromatic carbocycles. The molecule has 2 rings (SSSR count). The van der Waals surface area contributed by atoms with E-state index in [1.165, 1.54) is 19.2 Å². The van der Waals surface area contributed by atoms with Crippen LogP contribution in [0.2, 0.25) is 10.0 Å². The molecule has 166 valence electrons. The van der Waals surface area contributed by atoms with Gasteiger partial charge in [-0.3, -0.25) is 14.9 Å². The number of hydrogen-bond donors (Lipinski definition) is 3. The minimum atomic E-state index is -4.06. The standard InChI is InChI=1S/C18H17Cl2N3O7S/c1-29-12-4-2-11(3-5-12)22-18(26)23-16(24)10-30-17(25)9-21-31(27,28)13-6-7-14(19)15(20)8-13/h2-8,21H,9-10H2,1H3,(H2,22,23,24,26). The molecule has 0 bridgehead atoms. The van der Waals surface area contributed by atoms with Crippen LogP contribution in [0.1, 0.15) is 0 Å². The van der Waals surface area contributed by atoms with E-state index in [0.717, 1.165) is 6.07 Å². The summed E-state index contributed by atoms with van der Waals surface area (Å²) in [5.41, 5.74) is 0.403. The van der Waals surface area contributed by atoms with Crippen molar-refractivity contribution in [2.24, 2.45) is 0 Å². The molecule has 0 spiro atoms. The topological polar surface area (TPSA) is 140 Å². The molecule has 10 nitrogen and oxygen atoms in total. The van der Waals surface area contributed by atoms with Crippen LogP contribution in [0.3, 0.4) is 0 Å². The van der Waals surface area contributed by atoms with Gasteiger partial charge in [-0.2, -0.15) is 4.72 Å². The summed E-state index contributed by atoms with van der Waals surface area (Å²) in [6, 6.07) is 9.11. The van der Waals surface area contributed by atoms with Crippen molar-refractivity contribution >= 4 is 56.8 Å². The maximum absolute atomic E-state index is 12.1. The highest BCUT2D eigenvalue weighted by molar-refractivity contribution is 7.89. The number of halogens is 2. The molecule has 0 aliphatic heterocycles. The number of benzene rings is 2. The van der Waals surface area contributed by atoms with Crippen LogP contribution in [0.5, 0.6) is 5.75 Å². The maximum atomic E-state index is 12.1. The van der Waals surface area contributed by atoms with Gasteiger partial charge in [-0.1, -0.05) is 23.2 Å². The molecule has 13 heteroatoms. The summed E-state index contributed by atoms with van der Waals surface area (Å²) in [6.07, 6.45) is 0. The zero-order valence-corrected chi connectivity index (χ0v) is 18.3. The van der Waals surface area contributed by atoms with E-state index in [2.05, 4.69) is 10.1 Å². The third-order valence-corrected chi connectivity index (χ3v) is 5.71. The molecule has 3 N–H and O–H groups in total. The molecule has 2 aromatic rings. The molecule has 3 amide bonds. The maximum Gasteiger partial charge on any atom is 0.325 e. The number of anilines is 1. The van der Waals surface area contributed by atoms with E-state index in [1.54, 1.807) is 24.3 Å². The first-order valence-corrected chi connectivity index (χ1v) is 10.7. The quantitative estimate of drug-likeness (QED) is 0.482. The van der Waals surface area contributed by atoms with Gasteiger partial charge in [0.1, 0.15) is 12.3 Å². The Labute approximate surface area is 187 Å². The second-order valence-corrected chi connectivity index (χ2v) is 8.37. The van der Waals surface area contributed by atoms with Crippen molar-refractivity contribution in [3.63, 3.8) is 0 Å². The van der Waals surface area contributed by atoms with E-state index in [1.807, 2.05) is 10.0 Å². The number of rotatable bonds is 8. The molecular weight excluding hydrogens is 473 g/mol. The average molecular weight is 490 g/mol. The van der Waals surface area contributed by atoms with E-state index >= 15 is 0 Å². The number of ether oxygens (including phenoxy) is 2. The number of carbonyl (C=O) groups is 3. The van der Waals surface area contributed by atoms with Gasteiger partial charge in [-0.25, -0.2) is 13.2 Å². The molecule has 0 saturated carbocycles. The first-order valence-electron chi connectivity index (χ1n) is 8.46. The lowest BCUT2D eigenvalue weighted by Gasteiger charge is -2.09. The smallest absolute Gasteiger partial charge is 0.325 e. The van der Waals surface area contributed by atoms with Gasteiger partial charge in [0.2, 0.25) is 10.0 Å². The summed E-state index contributed by atoms with van der Waals surface area (Å²) in [5, 5.41) is 4.56. The fourth-order valence-electron chi connectivity index (χ4n) is 2.08. The van der Waals surface area contributed by atoms with Crippen molar-refractivity contribution in [3.05, 3.63) is 52.5 Å². The van der Waals surface area contributed by atoms with Gasteiger partial charge in [-0.15, -0.1) is 0 Å². The molecule has 0 saturated heterocycles. The molecule has 31 heavy (non-hydrogen) atoms. The number of sulfonamides is 1. The number of urea groups is 1. The van der Waals surface area contributed by atoms with Crippen LogP contribution in [0, 0.1) is 0 Å². The largest absolute Gasteiger partial charge is 0.497 e. The minimum Gasteiger partial charge on any atom is -0.497 e. The van der Waals surface area contributed by atoms with Crippen molar-refractivity contribution < 1.29 is 32.3 Å². The summed E-state index contributed by atoms with van der Waals surface area (Å²) in [7, 11) is -2.57. The van der Waals surface area contributed by atoms with Gasteiger partial charge in [-0.05, 0) is 42.5 Å². The zero-order chi connectivity index (χ0) is 23.0. The van der Waals surface area contributed by atoms with Gasteiger partial charge in [0.25, 0.3) is 5.91 Å². The Kier molecular flexibility index (Phi) is 8.63. The van der Waals surface area contributed by atoms with Gasteiger partial charge in [0, 0.05) is 5.69 Å². The molecule has 0 radical (unpaired) electrons. The molecule has 0 fully saturated rings. The predicted molar refractivity (Wildman–Crippen MR) is 113 cm³/mol. The second-order valence-electron chi connectivity index (χ2n) is 5.79. The number of imide groups is 1. The summed E-state index contributed by atoms with van der Waals surface area (Å²) >= 11 is 11.5. The number of esters is 1. The normalized spacial score (nSPS) is 10.8. The van der Waals surface area contributed by atoms with Crippen molar-refractivity contribution in [3.8, 4) is 5.75 Å². The number of carbonyl (C=O) groups excluding carboxylic acids is 3. The molecule has 0 aliphatic carbocycles. The SMILES string of the molecule is COc1ccc(NC(=O)NC(=O)COC(=O)CNS(=O)(=O)c2ccc(Cl)c(Cl)c2)cc1. The van der Waals surface area contributed by atoms with Crippen molar-refractivity contribution in [2.75, 3.05) is 25.6 Å². The van der Waals surface area contributed by atoms with E-state index in [4.69, 9.17) is 27.9 Å². The third kappa shape index (κ3) is 7.72. The van der Waals surface area contributed by atoms with Gasteiger partial charge in [0.05, 0.1) is 22.1 Å². The highest BCUT2D eigenvalue weighted by atomic mass is 35.5. The fraction of sp³-hybridized carbons (Fsp3) is 0.167. The van der Waals surface area contributed by atoms with Crippen LogP contribution < -0.4 is 20.1 Å². The third-order valence-electron chi connectivity index (χ3n) is 3.57. The molecular formula is C18H17Cl2N3O7S. The Morgan fingerprint density at radius 3 is 2.29 bits per heavy atom. The van der Waals surface area contributed by atoms with E-state index in [-0.39, 0.29) is 14.9 Å². The monoisotopic (exact) mass is 489 g/mol. The Morgan fingerprint density at radius 2 is 1.68 bits per heavy atom. The van der Waals surface area contributed by atoms with Gasteiger partial charge >= 0.3 is 12.0 Å². The van der Waals surface area contributed by atoms with Crippen LogP contribution in [-0.4, -0.2) is 46.6 Å². The summed E-state index contributed by atoms with van der Waals surface area (Å²) in [4.78, 5) is 35.0. The lowest BCUT2D eigenvalue weighted by Crippen LogP contribution is -2.38. The lowest BCUT2D eigenvalue weighted by atomic mass is 10.3. The summed E-state index contributed by atoms with van der Waals surface area (Å²) in [5.74, 6) is -1.36.